The highest BCUT2D eigenvalue weighted by atomic mass is 16.3. The molecular weight excluding hydrogens is 763 g/mol. The molecule has 1 aliphatic rings. The largest absolute Gasteiger partial charge is 0.455 e. The van der Waals surface area contributed by atoms with Crippen LogP contribution in [-0.2, 0) is 5.41 Å². The summed E-state index contributed by atoms with van der Waals surface area (Å²) < 4.78 is 7.00. The number of fused-ring (bicyclic) bond motifs is 10. The van der Waals surface area contributed by atoms with Crippen LogP contribution in [0.1, 0.15) is 22.3 Å². The van der Waals surface area contributed by atoms with Crippen molar-refractivity contribution in [2.75, 3.05) is 4.90 Å². The normalized spacial score (nSPS) is 12.9. The molecule has 0 atom stereocenters. The van der Waals surface area contributed by atoms with Crippen molar-refractivity contribution < 1.29 is 4.42 Å². The Labute approximate surface area is 365 Å². The van der Waals surface area contributed by atoms with Gasteiger partial charge in [0.25, 0.3) is 0 Å². The van der Waals surface area contributed by atoms with E-state index in [9.17, 15) is 0 Å². The van der Waals surface area contributed by atoms with E-state index in [0.717, 1.165) is 49.8 Å². The maximum Gasteiger partial charge on any atom is 0.143 e. The fourth-order valence-electron chi connectivity index (χ4n) is 10.7. The molecule has 0 amide bonds. The molecule has 0 saturated heterocycles. The maximum atomic E-state index is 7.00. The Morgan fingerprint density at radius 2 is 0.921 bits per heavy atom. The van der Waals surface area contributed by atoms with Gasteiger partial charge in [0.1, 0.15) is 11.2 Å². The summed E-state index contributed by atoms with van der Waals surface area (Å²) in [5, 5.41) is 9.23. The average molecular weight is 802 g/mol. The monoisotopic (exact) mass is 801 g/mol. The SMILES string of the molecule is c1ccc(C2(c3ccccc3)c3ccccc3-c3ccc(-c4cc5c(oc6cccc(N(c7ccc8ccccc8c7)c7ccc8ccccc8c7)c65)c5ccccc45)cc32)cc1. The van der Waals surface area contributed by atoms with Gasteiger partial charge in [0.2, 0.25) is 0 Å². The maximum absolute atomic E-state index is 7.00. The van der Waals surface area contributed by atoms with E-state index in [1.165, 1.54) is 66.1 Å². The van der Waals surface area contributed by atoms with E-state index in [4.69, 9.17) is 4.42 Å². The van der Waals surface area contributed by atoms with Gasteiger partial charge in [-0.3, -0.25) is 0 Å². The summed E-state index contributed by atoms with van der Waals surface area (Å²) in [6, 6.07) is 86.6. The predicted molar refractivity (Wildman–Crippen MR) is 264 cm³/mol. The second kappa shape index (κ2) is 13.9. The third-order valence-corrected chi connectivity index (χ3v) is 13.5. The van der Waals surface area contributed by atoms with Crippen LogP contribution in [0.2, 0.25) is 0 Å². The van der Waals surface area contributed by atoms with Crippen LogP contribution in [0.3, 0.4) is 0 Å². The Balaban J connectivity index is 1.09. The van der Waals surface area contributed by atoms with Gasteiger partial charge in [-0.25, -0.2) is 0 Å². The smallest absolute Gasteiger partial charge is 0.143 e. The number of anilines is 3. The molecule has 11 aromatic carbocycles. The minimum Gasteiger partial charge on any atom is -0.455 e. The number of furan rings is 1. The second-order valence-electron chi connectivity index (χ2n) is 16.8. The van der Waals surface area contributed by atoms with Crippen LogP contribution in [0.4, 0.5) is 17.1 Å². The molecule has 0 bridgehead atoms. The molecular formula is C61H39NO. The highest BCUT2D eigenvalue weighted by Gasteiger charge is 2.46. The molecule has 0 N–H and O–H groups in total. The Morgan fingerprint density at radius 1 is 0.349 bits per heavy atom. The molecule has 2 heteroatoms. The van der Waals surface area contributed by atoms with Gasteiger partial charge in [0.05, 0.1) is 16.5 Å². The molecule has 0 radical (unpaired) electrons. The summed E-state index contributed by atoms with van der Waals surface area (Å²) in [6.45, 7) is 0. The van der Waals surface area contributed by atoms with Crippen LogP contribution < -0.4 is 4.90 Å². The molecule has 12 aromatic rings. The van der Waals surface area contributed by atoms with Crippen molar-refractivity contribution in [3.63, 3.8) is 0 Å². The first kappa shape index (κ1) is 35.5. The van der Waals surface area contributed by atoms with Crippen molar-refractivity contribution in [3.8, 4) is 22.3 Å². The first-order valence-electron chi connectivity index (χ1n) is 21.7. The molecule has 63 heavy (non-hydrogen) atoms. The number of hydrogen-bond acceptors (Lipinski definition) is 2. The third kappa shape index (κ3) is 5.32. The molecule has 0 fully saturated rings. The van der Waals surface area contributed by atoms with Crippen molar-refractivity contribution in [1.82, 2.24) is 0 Å². The summed E-state index contributed by atoms with van der Waals surface area (Å²) in [6.07, 6.45) is 0. The highest BCUT2D eigenvalue weighted by molar-refractivity contribution is 6.22. The van der Waals surface area contributed by atoms with Crippen LogP contribution >= 0.6 is 0 Å². The van der Waals surface area contributed by atoms with E-state index in [1.807, 2.05) is 0 Å². The molecule has 0 aliphatic heterocycles. The lowest BCUT2D eigenvalue weighted by Crippen LogP contribution is -2.28. The van der Waals surface area contributed by atoms with Crippen molar-refractivity contribution in [3.05, 3.63) is 259 Å². The molecule has 0 saturated carbocycles. The number of benzene rings is 11. The summed E-state index contributed by atoms with van der Waals surface area (Å²) in [5.74, 6) is 0. The van der Waals surface area contributed by atoms with E-state index < -0.39 is 5.41 Å². The fraction of sp³-hybridized carbons (Fsp3) is 0.0164. The van der Waals surface area contributed by atoms with E-state index >= 15 is 0 Å². The Bertz CT molecular complexity index is 3630. The summed E-state index contributed by atoms with van der Waals surface area (Å²) >= 11 is 0. The summed E-state index contributed by atoms with van der Waals surface area (Å²) in [4.78, 5) is 2.41. The van der Waals surface area contributed by atoms with Crippen molar-refractivity contribution in [2.45, 2.75) is 5.41 Å². The minimum atomic E-state index is -0.500. The molecule has 2 nitrogen and oxygen atoms in total. The van der Waals surface area contributed by atoms with Gasteiger partial charge in [-0.2, -0.15) is 0 Å². The van der Waals surface area contributed by atoms with Crippen LogP contribution in [-0.4, -0.2) is 0 Å². The van der Waals surface area contributed by atoms with Gasteiger partial charge in [0.15, 0.2) is 0 Å². The molecule has 0 unspecified atom stereocenters. The lowest BCUT2D eigenvalue weighted by Gasteiger charge is -2.34. The molecule has 0 spiro atoms. The van der Waals surface area contributed by atoms with E-state index in [0.29, 0.717) is 0 Å². The second-order valence-corrected chi connectivity index (χ2v) is 16.8. The number of nitrogens with zero attached hydrogens (tertiary/aromatic N) is 1. The van der Waals surface area contributed by atoms with Crippen LogP contribution in [0, 0.1) is 0 Å². The van der Waals surface area contributed by atoms with E-state index in [-0.39, 0.29) is 0 Å². The van der Waals surface area contributed by atoms with Crippen LogP contribution in [0.15, 0.2) is 241 Å². The van der Waals surface area contributed by atoms with Gasteiger partial charge < -0.3 is 9.32 Å². The van der Waals surface area contributed by atoms with Gasteiger partial charge >= 0.3 is 0 Å². The first-order chi connectivity index (χ1) is 31.2. The Hall–Kier alpha value is -8.20. The van der Waals surface area contributed by atoms with Crippen molar-refractivity contribution in [1.29, 1.82) is 0 Å². The minimum absolute atomic E-state index is 0.500. The zero-order valence-corrected chi connectivity index (χ0v) is 34.4. The van der Waals surface area contributed by atoms with E-state index in [1.54, 1.807) is 0 Å². The lowest BCUT2D eigenvalue weighted by molar-refractivity contribution is 0.672. The number of rotatable bonds is 6. The Kier molecular flexibility index (Phi) is 7.85. The Morgan fingerprint density at radius 3 is 1.60 bits per heavy atom. The molecule has 13 rings (SSSR count). The summed E-state index contributed by atoms with van der Waals surface area (Å²) in [5.41, 5.74) is 14.5. The first-order valence-corrected chi connectivity index (χ1v) is 21.7. The topological polar surface area (TPSA) is 16.4 Å². The van der Waals surface area contributed by atoms with Gasteiger partial charge in [-0.15, -0.1) is 0 Å². The average Bonchev–Trinajstić information content (AvgIpc) is 3.88. The lowest BCUT2D eigenvalue weighted by atomic mass is 9.67. The van der Waals surface area contributed by atoms with Crippen LogP contribution in [0.5, 0.6) is 0 Å². The van der Waals surface area contributed by atoms with Crippen LogP contribution in [0.25, 0.3) is 76.5 Å². The standard InChI is InChI=1S/C61H39NO/c1-3-20-45(21-4-1)61(46-22-5-2-6-23-46)55-27-14-13-25-50(55)51-35-32-44(38-56(51)61)53-39-54-59-57(28-15-29-58(59)63-60(54)52-26-12-11-24-49(52)53)62(47-33-30-40-16-7-9-18-42(40)36-47)48-34-31-41-17-8-10-19-43(41)37-48/h1-39H. The molecule has 1 aromatic heterocycles. The highest BCUT2D eigenvalue weighted by Crippen LogP contribution is 2.57. The molecule has 294 valence electrons. The summed E-state index contributed by atoms with van der Waals surface area (Å²) in [7, 11) is 0. The zero-order valence-electron chi connectivity index (χ0n) is 34.4. The predicted octanol–water partition coefficient (Wildman–Crippen LogP) is 16.5. The third-order valence-electron chi connectivity index (χ3n) is 13.5. The molecule has 1 heterocycles. The van der Waals surface area contributed by atoms with Gasteiger partial charge in [-0.1, -0.05) is 188 Å². The zero-order chi connectivity index (χ0) is 41.5. The molecule has 1 aliphatic carbocycles. The van der Waals surface area contributed by atoms with Crippen molar-refractivity contribution in [2.24, 2.45) is 0 Å². The van der Waals surface area contributed by atoms with E-state index in [2.05, 4.69) is 241 Å². The van der Waals surface area contributed by atoms with Gasteiger partial charge in [0, 0.05) is 22.1 Å². The van der Waals surface area contributed by atoms with Gasteiger partial charge in [-0.05, 0) is 120 Å². The number of hydrogen-bond donors (Lipinski definition) is 0. The van der Waals surface area contributed by atoms with Crippen molar-refractivity contribution >= 4 is 71.3 Å². The fourth-order valence-corrected chi connectivity index (χ4v) is 10.7. The quantitative estimate of drug-likeness (QED) is 0.167.